The van der Waals surface area contributed by atoms with E-state index in [-0.39, 0.29) is 18.1 Å². The molecule has 1 N–H and O–H groups in total. The predicted molar refractivity (Wildman–Crippen MR) is 103 cm³/mol. The Labute approximate surface area is 166 Å². The number of rotatable bonds is 7. The Balaban J connectivity index is 1.47. The number of hydrogen-bond donors (Lipinski definition) is 1. The van der Waals surface area contributed by atoms with Gasteiger partial charge in [0.25, 0.3) is 5.91 Å². The maximum Gasteiger partial charge on any atom is 0.374 e. The Morgan fingerprint density at radius 2 is 1.79 bits per heavy atom. The summed E-state index contributed by atoms with van der Waals surface area (Å²) in [5.41, 5.74) is 1.15. The van der Waals surface area contributed by atoms with Gasteiger partial charge in [0.2, 0.25) is 5.76 Å². The summed E-state index contributed by atoms with van der Waals surface area (Å²) in [7, 11) is 0. The summed E-state index contributed by atoms with van der Waals surface area (Å²) in [6.45, 7) is -0.229. The molecule has 0 saturated heterocycles. The first kappa shape index (κ1) is 19.6. The van der Waals surface area contributed by atoms with Crippen molar-refractivity contribution in [2.24, 2.45) is 0 Å². The zero-order valence-electron chi connectivity index (χ0n) is 14.8. The van der Waals surface area contributed by atoms with Gasteiger partial charge in [-0.25, -0.2) is 9.18 Å². The van der Waals surface area contributed by atoms with Gasteiger partial charge >= 0.3 is 5.97 Å². The highest BCUT2D eigenvalue weighted by atomic mass is 35.5. The van der Waals surface area contributed by atoms with E-state index in [0.717, 1.165) is 0 Å². The number of hydrogen-bond acceptors (Lipinski definition) is 4. The lowest BCUT2D eigenvalue weighted by molar-refractivity contribution is -0.124. The molecule has 2 aromatic carbocycles. The maximum atomic E-state index is 13.5. The van der Waals surface area contributed by atoms with Crippen molar-refractivity contribution >= 4 is 23.5 Å². The first-order valence-corrected chi connectivity index (χ1v) is 8.94. The minimum atomic E-state index is -0.762. The molecule has 0 radical (unpaired) electrons. The fourth-order valence-electron chi connectivity index (χ4n) is 2.54. The zero-order valence-corrected chi connectivity index (χ0v) is 15.5. The van der Waals surface area contributed by atoms with Gasteiger partial charge in [-0.3, -0.25) is 4.79 Å². The van der Waals surface area contributed by atoms with E-state index in [4.69, 9.17) is 20.8 Å². The molecule has 1 heterocycles. The zero-order chi connectivity index (χ0) is 19.9. The highest BCUT2D eigenvalue weighted by Gasteiger charge is 2.16. The number of benzene rings is 2. The van der Waals surface area contributed by atoms with Crippen LogP contribution in [-0.4, -0.2) is 25.0 Å². The molecular weight excluding hydrogens is 385 g/mol. The smallest absolute Gasteiger partial charge is 0.374 e. The molecular formula is C21H17ClFNO4. The number of carbonyl (C=O) groups is 2. The fourth-order valence-corrected chi connectivity index (χ4v) is 2.77. The minimum Gasteiger partial charge on any atom is -0.450 e. The molecule has 1 amide bonds. The van der Waals surface area contributed by atoms with E-state index in [1.807, 2.05) is 0 Å². The molecule has 0 spiro atoms. The van der Waals surface area contributed by atoms with Gasteiger partial charge in [0.05, 0.1) is 5.02 Å². The maximum absolute atomic E-state index is 13.5. The standard InChI is InChI=1S/C21H17ClFNO4/c22-16-7-3-2-6-15(16)18-9-10-19(28-18)21(26)27-13-20(25)24-12-11-14-5-1-4-8-17(14)23/h1-10H,11-13H2,(H,24,25). The van der Waals surface area contributed by atoms with E-state index in [2.05, 4.69) is 5.32 Å². The molecule has 5 nitrogen and oxygen atoms in total. The van der Waals surface area contributed by atoms with E-state index in [9.17, 15) is 14.0 Å². The van der Waals surface area contributed by atoms with Crippen LogP contribution in [0.15, 0.2) is 65.1 Å². The van der Waals surface area contributed by atoms with Crippen molar-refractivity contribution in [3.05, 3.63) is 82.8 Å². The topological polar surface area (TPSA) is 68.5 Å². The second kappa shape index (κ2) is 9.19. The first-order chi connectivity index (χ1) is 13.5. The molecule has 0 saturated carbocycles. The van der Waals surface area contributed by atoms with Crippen LogP contribution < -0.4 is 5.32 Å². The molecule has 0 aliphatic carbocycles. The second-order valence-electron chi connectivity index (χ2n) is 5.91. The molecule has 28 heavy (non-hydrogen) atoms. The van der Waals surface area contributed by atoms with Crippen molar-refractivity contribution in [1.29, 1.82) is 0 Å². The summed E-state index contributed by atoms with van der Waals surface area (Å²) in [4.78, 5) is 23.8. The van der Waals surface area contributed by atoms with Gasteiger partial charge in [-0.05, 0) is 42.3 Å². The van der Waals surface area contributed by atoms with E-state index < -0.39 is 18.5 Å². The molecule has 0 aliphatic rings. The van der Waals surface area contributed by atoms with E-state index in [1.54, 1.807) is 48.5 Å². The number of carbonyl (C=O) groups excluding carboxylic acids is 2. The van der Waals surface area contributed by atoms with Gasteiger partial charge in [-0.2, -0.15) is 0 Å². The van der Waals surface area contributed by atoms with E-state index in [0.29, 0.717) is 28.3 Å². The highest BCUT2D eigenvalue weighted by molar-refractivity contribution is 6.33. The molecule has 144 valence electrons. The van der Waals surface area contributed by atoms with Gasteiger partial charge in [0.1, 0.15) is 11.6 Å². The Kier molecular flexibility index (Phi) is 6.45. The van der Waals surface area contributed by atoms with Crippen LogP contribution in [0.4, 0.5) is 4.39 Å². The Morgan fingerprint density at radius 1 is 1.04 bits per heavy atom. The third-order valence-corrected chi connectivity index (χ3v) is 4.28. The lowest BCUT2D eigenvalue weighted by atomic mass is 10.1. The van der Waals surface area contributed by atoms with Crippen molar-refractivity contribution in [2.45, 2.75) is 6.42 Å². The minimum absolute atomic E-state index is 0.0333. The van der Waals surface area contributed by atoms with Crippen LogP contribution in [0.2, 0.25) is 5.02 Å². The average molecular weight is 402 g/mol. The first-order valence-electron chi connectivity index (χ1n) is 8.56. The molecule has 0 aliphatic heterocycles. The lowest BCUT2D eigenvalue weighted by Crippen LogP contribution is -2.30. The Morgan fingerprint density at radius 3 is 2.57 bits per heavy atom. The fraction of sp³-hybridized carbons (Fsp3) is 0.143. The number of furan rings is 1. The number of nitrogens with one attached hydrogen (secondary N) is 1. The Bertz CT molecular complexity index is 986. The number of esters is 1. The largest absolute Gasteiger partial charge is 0.450 e. The lowest BCUT2D eigenvalue weighted by Gasteiger charge is -2.06. The van der Waals surface area contributed by atoms with Crippen LogP contribution in [0.25, 0.3) is 11.3 Å². The monoisotopic (exact) mass is 401 g/mol. The van der Waals surface area contributed by atoms with E-state index >= 15 is 0 Å². The van der Waals surface area contributed by atoms with Crippen LogP contribution in [0.3, 0.4) is 0 Å². The number of halogens is 2. The summed E-state index contributed by atoms with van der Waals surface area (Å²) in [5.74, 6) is -1.18. The van der Waals surface area contributed by atoms with Crippen LogP contribution in [-0.2, 0) is 16.0 Å². The van der Waals surface area contributed by atoms with Crippen LogP contribution >= 0.6 is 11.6 Å². The van der Waals surface area contributed by atoms with Crippen molar-refractivity contribution in [3.63, 3.8) is 0 Å². The number of amides is 1. The molecule has 7 heteroatoms. The van der Waals surface area contributed by atoms with Gasteiger partial charge in [-0.15, -0.1) is 0 Å². The van der Waals surface area contributed by atoms with Gasteiger partial charge in [0, 0.05) is 12.1 Å². The molecule has 0 fully saturated rings. The third-order valence-electron chi connectivity index (χ3n) is 3.96. The Hall–Kier alpha value is -3.12. The van der Waals surface area contributed by atoms with Crippen LogP contribution in [0.1, 0.15) is 16.1 Å². The molecule has 3 aromatic rings. The van der Waals surface area contributed by atoms with Gasteiger partial charge < -0.3 is 14.5 Å². The summed E-state index contributed by atoms with van der Waals surface area (Å²) >= 11 is 6.10. The third kappa shape index (κ3) is 4.98. The predicted octanol–water partition coefficient (Wildman–Crippen LogP) is 4.25. The number of ether oxygens (including phenoxy) is 1. The second-order valence-corrected chi connectivity index (χ2v) is 6.32. The average Bonchev–Trinajstić information content (AvgIpc) is 3.18. The van der Waals surface area contributed by atoms with Crippen molar-refractivity contribution in [3.8, 4) is 11.3 Å². The summed E-state index contributed by atoms with van der Waals surface area (Å²) in [5, 5.41) is 3.06. The SMILES string of the molecule is O=C(COC(=O)c1ccc(-c2ccccc2Cl)o1)NCCc1ccccc1F. The van der Waals surface area contributed by atoms with Crippen molar-refractivity contribution in [2.75, 3.05) is 13.2 Å². The molecule has 0 bridgehead atoms. The summed E-state index contributed by atoms with van der Waals surface area (Å²) < 4.78 is 23.9. The van der Waals surface area contributed by atoms with Crippen LogP contribution in [0, 0.1) is 5.82 Å². The van der Waals surface area contributed by atoms with Gasteiger partial charge in [-0.1, -0.05) is 41.9 Å². The summed E-state index contributed by atoms with van der Waals surface area (Å²) in [6.07, 6.45) is 0.339. The quantitative estimate of drug-likeness (QED) is 0.601. The normalized spacial score (nSPS) is 10.5. The van der Waals surface area contributed by atoms with Gasteiger partial charge in [0.15, 0.2) is 6.61 Å². The molecule has 3 rings (SSSR count). The van der Waals surface area contributed by atoms with E-state index in [1.165, 1.54) is 12.1 Å². The van der Waals surface area contributed by atoms with Crippen molar-refractivity contribution < 1.29 is 23.1 Å². The van der Waals surface area contributed by atoms with Crippen LogP contribution in [0.5, 0.6) is 0 Å². The molecule has 1 aromatic heterocycles. The highest BCUT2D eigenvalue weighted by Crippen LogP contribution is 2.29. The molecule has 0 unspecified atom stereocenters. The van der Waals surface area contributed by atoms with Crippen molar-refractivity contribution in [1.82, 2.24) is 5.32 Å². The molecule has 0 atom stereocenters. The summed E-state index contributed by atoms with van der Waals surface area (Å²) in [6, 6.07) is 16.5.